The van der Waals surface area contributed by atoms with Gasteiger partial charge in [-0.15, -0.1) is 28.2 Å². The van der Waals surface area contributed by atoms with E-state index < -0.39 is 29.9 Å². The van der Waals surface area contributed by atoms with Crippen LogP contribution < -0.4 is 11.1 Å². The molecule has 0 aliphatic carbocycles. The number of nitrogen functional groups attached to an aromatic ring is 1. The van der Waals surface area contributed by atoms with Gasteiger partial charge >= 0.3 is 5.97 Å². The Morgan fingerprint density at radius 1 is 1.48 bits per heavy atom. The molecule has 4 heterocycles. The van der Waals surface area contributed by atoms with E-state index in [4.69, 9.17) is 10.6 Å². The van der Waals surface area contributed by atoms with Gasteiger partial charge in [0.15, 0.2) is 10.8 Å². The van der Waals surface area contributed by atoms with Crippen LogP contribution in [0.5, 0.6) is 0 Å². The number of nitrogens with two attached hydrogens (primary N) is 1. The number of allylic oxidation sites excluding steroid dienone is 2. The fourth-order valence-electron chi connectivity index (χ4n) is 3.28. The first kappa shape index (κ1) is 22.4. The van der Waals surface area contributed by atoms with Crippen LogP contribution in [0.3, 0.4) is 0 Å². The number of rotatable bonds is 8. The van der Waals surface area contributed by atoms with Crippen LogP contribution in [0, 0.1) is 0 Å². The molecule has 2 aromatic rings. The first-order valence-electron chi connectivity index (χ1n) is 9.34. The number of hydrogen-bond donors (Lipinski definition) is 3. The SMILES string of the molecule is CO/N=C(\C(=O)NC1C(=O)N2C(C(=O)O)=C(/C=C/Cn3cnnn3)SCC12)c1csc(N)n1. The number of fused-ring (bicyclic) bond motifs is 1. The number of carboxylic acids is 1. The molecule has 2 aliphatic rings. The van der Waals surface area contributed by atoms with Crippen LogP contribution in [0.2, 0.25) is 0 Å². The summed E-state index contributed by atoms with van der Waals surface area (Å²) in [5.41, 5.74) is 5.55. The lowest BCUT2D eigenvalue weighted by Crippen LogP contribution is -2.73. The normalized spacial score (nSPS) is 20.6. The van der Waals surface area contributed by atoms with Crippen molar-refractivity contribution in [3.8, 4) is 0 Å². The second-order valence-corrected chi connectivity index (χ2v) is 8.63. The molecule has 1 fully saturated rings. The minimum absolute atomic E-state index is 0.139. The van der Waals surface area contributed by atoms with Gasteiger partial charge in [0, 0.05) is 16.0 Å². The van der Waals surface area contributed by atoms with Gasteiger partial charge in [-0.2, -0.15) is 0 Å². The molecule has 33 heavy (non-hydrogen) atoms. The number of carboxylic acid groups (broad SMARTS) is 1. The van der Waals surface area contributed by atoms with Crippen molar-refractivity contribution in [2.75, 3.05) is 18.6 Å². The summed E-state index contributed by atoms with van der Waals surface area (Å²) in [4.78, 5) is 47.9. The highest BCUT2D eigenvalue weighted by molar-refractivity contribution is 8.03. The van der Waals surface area contributed by atoms with Crippen molar-refractivity contribution in [3.05, 3.63) is 40.2 Å². The molecule has 172 valence electrons. The number of amides is 2. The summed E-state index contributed by atoms with van der Waals surface area (Å²) in [7, 11) is 1.27. The Balaban J connectivity index is 1.49. The van der Waals surface area contributed by atoms with E-state index in [2.05, 4.69) is 31.0 Å². The van der Waals surface area contributed by atoms with Crippen molar-refractivity contribution in [2.45, 2.75) is 18.6 Å². The maximum absolute atomic E-state index is 12.8. The maximum atomic E-state index is 12.8. The van der Waals surface area contributed by atoms with E-state index in [9.17, 15) is 19.5 Å². The van der Waals surface area contributed by atoms with E-state index >= 15 is 0 Å². The van der Waals surface area contributed by atoms with Crippen LogP contribution in [-0.2, 0) is 25.8 Å². The summed E-state index contributed by atoms with van der Waals surface area (Å²) >= 11 is 2.40. The Bertz CT molecular complexity index is 1170. The third-order valence-corrected chi connectivity index (χ3v) is 6.53. The number of thioether (sulfide) groups is 1. The van der Waals surface area contributed by atoms with Crippen molar-refractivity contribution in [3.63, 3.8) is 0 Å². The molecule has 4 rings (SSSR count). The molecule has 2 atom stereocenters. The molecule has 0 saturated carbocycles. The summed E-state index contributed by atoms with van der Waals surface area (Å²) in [5, 5.41) is 28.6. The number of hydrogen-bond acceptors (Lipinski definition) is 12. The standard InChI is InChI=1S/C17H17N9O5S2/c1-31-22-11(8-5-33-17(18)20-8)14(27)21-12-9-6-32-10(3-2-4-25-7-19-23-24-25)13(16(29)30)26(9)15(12)28/h2-3,5,7,9,12H,4,6H2,1H3,(H2,18,20)(H,21,27)(H,29,30)/b3-2+,22-11-. The highest BCUT2D eigenvalue weighted by Crippen LogP contribution is 2.39. The van der Waals surface area contributed by atoms with Crippen LogP contribution in [0.25, 0.3) is 0 Å². The first-order valence-corrected chi connectivity index (χ1v) is 11.2. The zero-order valence-corrected chi connectivity index (χ0v) is 18.6. The summed E-state index contributed by atoms with van der Waals surface area (Å²) in [5.74, 6) is -2.07. The summed E-state index contributed by atoms with van der Waals surface area (Å²) in [6.45, 7) is 0.336. The summed E-state index contributed by atoms with van der Waals surface area (Å²) in [6, 6.07) is -1.44. The molecule has 0 aromatic carbocycles. The Labute approximate surface area is 194 Å². The van der Waals surface area contributed by atoms with Gasteiger partial charge in [-0.05, 0) is 16.5 Å². The van der Waals surface area contributed by atoms with Crippen molar-refractivity contribution >= 4 is 51.7 Å². The number of carbonyl (C=O) groups is 3. The smallest absolute Gasteiger partial charge is 0.353 e. The zero-order chi connectivity index (χ0) is 23.5. The lowest BCUT2D eigenvalue weighted by atomic mass is 9.94. The van der Waals surface area contributed by atoms with E-state index in [1.807, 2.05) is 0 Å². The number of tetrazole rings is 1. The topological polar surface area (TPSA) is 191 Å². The number of nitrogens with zero attached hydrogens (tertiary/aromatic N) is 7. The molecule has 4 N–H and O–H groups in total. The number of anilines is 1. The number of β-lactam (4-membered cyclic amide) rings is 1. The molecule has 2 amide bonds. The fourth-order valence-corrected chi connectivity index (χ4v) is 5.04. The molecule has 2 aromatic heterocycles. The van der Waals surface area contributed by atoms with E-state index in [0.717, 1.165) is 11.3 Å². The highest BCUT2D eigenvalue weighted by Gasteiger charge is 2.53. The van der Waals surface area contributed by atoms with E-state index in [0.29, 0.717) is 17.2 Å². The van der Waals surface area contributed by atoms with Crippen LogP contribution in [0.1, 0.15) is 5.69 Å². The van der Waals surface area contributed by atoms with E-state index in [1.54, 1.807) is 12.2 Å². The first-order chi connectivity index (χ1) is 15.9. The molecular formula is C17H17N9O5S2. The minimum atomic E-state index is -1.24. The van der Waals surface area contributed by atoms with Gasteiger partial charge in [-0.25, -0.2) is 14.5 Å². The molecule has 2 unspecified atom stereocenters. The predicted octanol–water partition coefficient (Wildman–Crippen LogP) is -0.943. The van der Waals surface area contributed by atoms with Crippen molar-refractivity contribution < 1.29 is 24.3 Å². The van der Waals surface area contributed by atoms with Gasteiger partial charge in [-0.3, -0.25) is 14.5 Å². The number of oxime groups is 1. The van der Waals surface area contributed by atoms with Gasteiger partial charge in [0.1, 0.15) is 30.9 Å². The molecule has 0 bridgehead atoms. The monoisotopic (exact) mass is 491 g/mol. The van der Waals surface area contributed by atoms with E-state index in [1.165, 1.54) is 40.2 Å². The third-order valence-electron chi connectivity index (χ3n) is 4.71. The second kappa shape index (κ2) is 9.37. The quantitative estimate of drug-likeness (QED) is 0.234. The fraction of sp³-hybridized carbons (Fsp3) is 0.294. The molecule has 0 spiro atoms. The summed E-state index contributed by atoms with van der Waals surface area (Å²) in [6.07, 6.45) is 4.73. The second-order valence-electron chi connectivity index (χ2n) is 6.68. The van der Waals surface area contributed by atoms with Gasteiger partial charge in [-0.1, -0.05) is 11.2 Å². The van der Waals surface area contributed by atoms with Crippen LogP contribution in [0.4, 0.5) is 5.13 Å². The highest BCUT2D eigenvalue weighted by atomic mass is 32.2. The van der Waals surface area contributed by atoms with Gasteiger partial charge < -0.3 is 21.0 Å². The minimum Gasteiger partial charge on any atom is -0.477 e. The molecule has 16 heteroatoms. The molecular weight excluding hydrogens is 474 g/mol. The molecule has 14 nitrogen and oxygen atoms in total. The Morgan fingerprint density at radius 2 is 2.30 bits per heavy atom. The van der Waals surface area contributed by atoms with Crippen LogP contribution in [0.15, 0.2) is 39.6 Å². The third kappa shape index (κ3) is 4.42. The van der Waals surface area contributed by atoms with Gasteiger partial charge in [0.25, 0.3) is 11.8 Å². The Morgan fingerprint density at radius 3 is 2.94 bits per heavy atom. The molecule has 0 radical (unpaired) electrons. The van der Waals surface area contributed by atoms with Crippen molar-refractivity contribution in [1.82, 2.24) is 35.4 Å². The lowest BCUT2D eigenvalue weighted by Gasteiger charge is -2.49. The number of carbonyl (C=O) groups excluding carboxylic acids is 2. The average Bonchev–Trinajstić information content (AvgIpc) is 3.46. The number of thiazole rings is 1. The number of nitrogens with one attached hydrogen (secondary N) is 1. The van der Waals surface area contributed by atoms with Crippen LogP contribution in [-0.4, -0.2) is 83.6 Å². The average molecular weight is 492 g/mol. The largest absolute Gasteiger partial charge is 0.477 e. The number of aliphatic carboxylic acids is 1. The Hall–Kier alpha value is -3.79. The van der Waals surface area contributed by atoms with Crippen molar-refractivity contribution in [2.24, 2.45) is 5.16 Å². The van der Waals surface area contributed by atoms with Crippen molar-refractivity contribution in [1.29, 1.82) is 0 Å². The van der Waals surface area contributed by atoms with Crippen LogP contribution >= 0.6 is 23.1 Å². The Kier molecular flexibility index (Phi) is 6.36. The molecule has 2 aliphatic heterocycles. The van der Waals surface area contributed by atoms with E-state index in [-0.39, 0.29) is 22.2 Å². The lowest BCUT2D eigenvalue weighted by molar-refractivity contribution is -0.153. The summed E-state index contributed by atoms with van der Waals surface area (Å²) < 4.78 is 1.46. The molecule has 1 saturated heterocycles. The zero-order valence-electron chi connectivity index (χ0n) is 17.0. The number of aromatic nitrogens is 5. The van der Waals surface area contributed by atoms with Gasteiger partial charge in [0.05, 0.1) is 12.6 Å². The predicted molar refractivity (Wildman–Crippen MR) is 117 cm³/mol. The van der Waals surface area contributed by atoms with Gasteiger partial charge in [0.2, 0.25) is 0 Å². The maximum Gasteiger partial charge on any atom is 0.353 e.